The lowest BCUT2D eigenvalue weighted by Crippen LogP contribution is -2.20. The van der Waals surface area contributed by atoms with Gasteiger partial charge in [-0.1, -0.05) is 0 Å². The summed E-state index contributed by atoms with van der Waals surface area (Å²) in [5, 5.41) is 9.66. The summed E-state index contributed by atoms with van der Waals surface area (Å²) in [5.74, 6) is 0.704. The molecular formula is C22H25N7O2. The summed E-state index contributed by atoms with van der Waals surface area (Å²) >= 11 is 0. The number of fused-ring (bicyclic) bond motifs is 1. The highest BCUT2D eigenvalue weighted by Gasteiger charge is 2.22. The van der Waals surface area contributed by atoms with Gasteiger partial charge in [0.2, 0.25) is 6.41 Å². The van der Waals surface area contributed by atoms with E-state index in [0.29, 0.717) is 11.4 Å². The van der Waals surface area contributed by atoms with Crippen LogP contribution in [0.1, 0.15) is 5.69 Å². The Balaban J connectivity index is 2.04. The standard InChI is InChI=1S/C22H25N7O2/c1-14-20(12-28(4)25-14)29(5)22-17-7-16(15-9-24-27(3)11-15)21(31-6)8-18(17)23-10-19(22)26(2)13-30/h7-13H,1-6H3. The molecule has 0 N–H and O–H groups in total. The molecule has 0 aliphatic rings. The molecule has 0 radical (unpaired) electrons. The zero-order chi connectivity index (χ0) is 22.3. The number of nitrogens with zero attached hydrogens (tertiary/aromatic N) is 7. The predicted octanol–water partition coefficient (Wildman–Crippen LogP) is 3.05. The Labute approximate surface area is 180 Å². The van der Waals surface area contributed by atoms with Crippen LogP contribution in [0.15, 0.2) is 36.9 Å². The molecule has 0 atom stereocenters. The van der Waals surface area contributed by atoms with Gasteiger partial charge in [-0.3, -0.25) is 19.1 Å². The van der Waals surface area contributed by atoms with E-state index in [1.807, 2.05) is 57.5 Å². The smallest absolute Gasteiger partial charge is 0.213 e. The highest BCUT2D eigenvalue weighted by atomic mass is 16.5. The maximum Gasteiger partial charge on any atom is 0.213 e. The van der Waals surface area contributed by atoms with Crippen molar-refractivity contribution in [1.82, 2.24) is 24.5 Å². The Morgan fingerprint density at radius 2 is 1.84 bits per heavy atom. The molecule has 9 heteroatoms. The van der Waals surface area contributed by atoms with Crippen LogP contribution in [0.25, 0.3) is 22.0 Å². The Morgan fingerprint density at radius 1 is 1.06 bits per heavy atom. The van der Waals surface area contributed by atoms with E-state index in [1.54, 1.807) is 35.9 Å². The zero-order valence-corrected chi connectivity index (χ0v) is 18.5. The van der Waals surface area contributed by atoms with Crippen molar-refractivity contribution >= 4 is 34.4 Å². The molecule has 1 aromatic carbocycles. The van der Waals surface area contributed by atoms with Crippen LogP contribution in [0.4, 0.5) is 17.1 Å². The maximum absolute atomic E-state index is 11.6. The molecule has 0 unspecified atom stereocenters. The molecular weight excluding hydrogens is 394 g/mol. The minimum Gasteiger partial charge on any atom is -0.496 e. The molecule has 0 aliphatic carbocycles. The molecule has 3 aromatic heterocycles. The summed E-state index contributed by atoms with van der Waals surface area (Å²) < 4.78 is 9.18. The number of benzene rings is 1. The first-order chi connectivity index (χ1) is 14.8. The topological polar surface area (TPSA) is 81.3 Å². The van der Waals surface area contributed by atoms with E-state index >= 15 is 0 Å². The fourth-order valence-corrected chi connectivity index (χ4v) is 3.85. The lowest BCUT2D eigenvalue weighted by atomic mass is 10.0. The van der Waals surface area contributed by atoms with Crippen molar-refractivity contribution in [2.24, 2.45) is 14.1 Å². The first-order valence-electron chi connectivity index (χ1n) is 9.76. The van der Waals surface area contributed by atoms with Gasteiger partial charge in [-0.05, 0) is 13.0 Å². The van der Waals surface area contributed by atoms with Crippen molar-refractivity contribution in [2.45, 2.75) is 6.92 Å². The maximum atomic E-state index is 11.6. The van der Waals surface area contributed by atoms with Crippen LogP contribution in [-0.4, -0.2) is 52.2 Å². The fourth-order valence-electron chi connectivity index (χ4n) is 3.85. The molecule has 1 amide bonds. The van der Waals surface area contributed by atoms with Gasteiger partial charge < -0.3 is 14.5 Å². The first kappa shape index (κ1) is 20.4. The van der Waals surface area contributed by atoms with E-state index in [2.05, 4.69) is 15.2 Å². The largest absolute Gasteiger partial charge is 0.496 e. The quantitative estimate of drug-likeness (QED) is 0.447. The minimum absolute atomic E-state index is 0.690. The SMILES string of the molecule is COc1cc2ncc(N(C)C=O)c(N(C)c3cn(C)nc3C)c2cc1-c1cnn(C)c1. The summed E-state index contributed by atoms with van der Waals surface area (Å²) in [4.78, 5) is 19.8. The van der Waals surface area contributed by atoms with E-state index in [4.69, 9.17) is 4.74 Å². The molecule has 3 heterocycles. The molecule has 9 nitrogen and oxygen atoms in total. The lowest BCUT2D eigenvalue weighted by Gasteiger charge is -2.26. The molecule has 4 aromatic rings. The fraction of sp³-hybridized carbons (Fsp3) is 0.273. The van der Waals surface area contributed by atoms with Crippen molar-refractivity contribution < 1.29 is 9.53 Å². The van der Waals surface area contributed by atoms with Crippen LogP contribution in [0.5, 0.6) is 5.75 Å². The number of anilines is 3. The molecule has 0 saturated carbocycles. The summed E-state index contributed by atoms with van der Waals surface area (Å²) in [6.07, 6.45) is 8.18. The zero-order valence-electron chi connectivity index (χ0n) is 18.5. The molecule has 0 aliphatic heterocycles. The number of amides is 1. The Hall–Kier alpha value is -3.88. The van der Waals surface area contributed by atoms with Crippen molar-refractivity contribution in [1.29, 1.82) is 0 Å². The first-order valence-corrected chi connectivity index (χ1v) is 9.76. The number of pyridine rings is 1. The molecule has 31 heavy (non-hydrogen) atoms. The van der Waals surface area contributed by atoms with Gasteiger partial charge in [-0.15, -0.1) is 0 Å². The van der Waals surface area contributed by atoms with Crippen LogP contribution in [0.2, 0.25) is 0 Å². The summed E-state index contributed by atoms with van der Waals surface area (Å²) in [6.45, 7) is 1.96. The third-order valence-electron chi connectivity index (χ3n) is 5.38. The average Bonchev–Trinajstić information content (AvgIpc) is 3.34. The van der Waals surface area contributed by atoms with E-state index in [0.717, 1.165) is 45.5 Å². The third-order valence-corrected chi connectivity index (χ3v) is 5.38. The van der Waals surface area contributed by atoms with Crippen LogP contribution < -0.4 is 14.5 Å². The van der Waals surface area contributed by atoms with Crippen LogP contribution >= 0.6 is 0 Å². The second-order valence-corrected chi connectivity index (χ2v) is 7.51. The monoisotopic (exact) mass is 419 g/mol. The molecule has 0 spiro atoms. The van der Waals surface area contributed by atoms with Crippen molar-refractivity contribution in [2.75, 3.05) is 31.0 Å². The predicted molar refractivity (Wildman–Crippen MR) is 121 cm³/mol. The molecule has 160 valence electrons. The molecule has 0 saturated heterocycles. The van der Waals surface area contributed by atoms with Gasteiger partial charge in [-0.2, -0.15) is 10.2 Å². The summed E-state index contributed by atoms with van der Waals surface area (Å²) in [7, 11) is 9.09. The minimum atomic E-state index is 0.690. The van der Waals surface area contributed by atoms with Crippen LogP contribution in [0, 0.1) is 6.92 Å². The van der Waals surface area contributed by atoms with Crippen LogP contribution in [-0.2, 0) is 18.9 Å². The van der Waals surface area contributed by atoms with E-state index in [-0.39, 0.29) is 0 Å². The molecule has 0 bridgehead atoms. The molecule has 4 rings (SSSR count). The number of hydrogen-bond donors (Lipinski definition) is 0. The van der Waals surface area contributed by atoms with Gasteiger partial charge in [-0.25, -0.2) is 0 Å². The number of aryl methyl sites for hydroxylation is 3. The van der Waals surface area contributed by atoms with E-state index in [9.17, 15) is 4.79 Å². The van der Waals surface area contributed by atoms with Crippen molar-refractivity contribution in [3.8, 4) is 16.9 Å². The van der Waals surface area contributed by atoms with Crippen molar-refractivity contribution in [3.63, 3.8) is 0 Å². The third kappa shape index (κ3) is 3.48. The summed E-state index contributed by atoms with van der Waals surface area (Å²) in [6, 6.07) is 3.95. The number of aromatic nitrogens is 5. The lowest BCUT2D eigenvalue weighted by molar-refractivity contribution is -0.107. The van der Waals surface area contributed by atoms with E-state index in [1.165, 1.54) is 4.90 Å². The van der Waals surface area contributed by atoms with Gasteiger partial charge in [0.1, 0.15) is 5.75 Å². The van der Waals surface area contributed by atoms with Gasteiger partial charge >= 0.3 is 0 Å². The van der Waals surface area contributed by atoms with Gasteiger partial charge in [0.25, 0.3) is 0 Å². The molecule has 0 fully saturated rings. The van der Waals surface area contributed by atoms with Gasteiger partial charge in [0, 0.05) is 63.2 Å². The number of carbonyl (C=O) groups excluding carboxylic acids is 1. The highest BCUT2D eigenvalue weighted by molar-refractivity contribution is 6.05. The number of carbonyl (C=O) groups is 1. The number of methoxy groups -OCH3 is 1. The normalized spacial score (nSPS) is 11.0. The number of ether oxygens (including phenoxy) is 1. The second-order valence-electron chi connectivity index (χ2n) is 7.51. The number of rotatable bonds is 6. The van der Waals surface area contributed by atoms with Gasteiger partial charge in [0.05, 0.1) is 47.8 Å². The highest BCUT2D eigenvalue weighted by Crippen LogP contribution is 2.42. The summed E-state index contributed by atoms with van der Waals surface area (Å²) in [5.41, 5.74) is 5.95. The number of hydrogen-bond acceptors (Lipinski definition) is 6. The average molecular weight is 419 g/mol. The van der Waals surface area contributed by atoms with Crippen molar-refractivity contribution in [3.05, 3.63) is 42.6 Å². The Bertz CT molecular complexity index is 1270. The van der Waals surface area contributed by atoms with Gasteiger partial charge in [0.15, 0.2) is 0 Å². The Kier molecular flexibility index (Phi) is 5.10. The van der Waals surface area contributed by atoms with Crippen LogP contribution in [0.3, 0.4) is 0 Å². The Morgan fingerprint density at radius 3 is 2.42 bits per heavy atom. The van der Waals surface area contributed by atoms with E-state index < -0.39 is 0 Å². The second kappa shape index (κ2) is 7.75.